The van der Waals surface area contributed by atoms with Gasteiger partial charge in [-0.05, 0) is 25.0 Å². The number of benzene rings is 1. The summed E-state index contributed by atoms with van der Waals surface area (Å²) >= 11 is 6.08. The summed E-state index contributed by atoms with van der Waals surface area (Å²) in [6.07, 6.45) is 4.64. The lowest BCUT2D eigenvalue weighted by Crippen LogP contribution is -2.16. The topological polar surface area (TPSA) is 55.8 Å². The highest BCUT2D eigenvalue weighted by molar-refractivity contribution is 6.32. The van der Waals surface area contributed by atoms with Gasteiger partial charge in [0.1, 0.15) is 12.4 Å². The van der Waals surface area contributed by atoms with Crippen molar-refractivity contribution in [3.05, 3.63) is 34.9 Å². The van der Waals surface area contributed by atoms with Gasteiger partial charge in [-0.25, -0.2) is 4.79 Å². The van der Waals surface area contributed by atoms with Crippen molar-refractivity contribution in [1.29, 1.82) is 0 Å². The average Bonchev–Trinajstić information content (AvgIpc) is 2.88. The standard InChI is InChI=1S/C14H15ClO4/c15-12-5-1-3-10(6-7-13(16)17)14(12)19-9-11-4-2-8-18-11/h1,3,5-7,11H,2,4,8-9H2,(H,16,17)/b7-6+. The SMILES string of the molecule is O=C(O)/C=C/c1cccc(Cl)c1OCC1CCCO1. The predicted octanol–water partition coefficient (Wildman–Crippen LogP) is 3.00. The number of carbonyl (C=O) groups is 1. The summed E-state index contributed by atoms with van der Waals surface area (Å²) in [5, 5.41) is 9.12. The molecule has 0 radical (unpaired) electrons. The summed E-state index contributed by atoms with van der Waals surface area (Å²) < 4.78 is 11.2. The van der Waals surface area contributed by atoms with Gasteiger partial charge in [-0.3, -0.25) is 0 Å². The van der Waals surface area contributed by atoms with Crippen LogP contribution in [0.1, 0.15) is 18.4 Å². The van der Waals surface area contributed by atoms with Crippen LogP contribution >= 0.6 is 11.6 Å². The van der Waals surface area contributed by atoms with E-state index in [0.29, 0.717) is 22.9 Å². The molecule has 0 saturated carbocycles. The van der Waals surface area contributed by atoms with Crippen LogP contribution in [0.15, 0.2) is 24.3 Å². The number of rotatable bonds is 5. The first-order chi connectivity index (χ1) is 9.16. The normalized spacial score (nSPS) is 18.9. The van der Waals surface area contributed by atoms with Gasteiger partial charge < -0.3 is 14.6 Å². The summed E-state index contributed by atoms with van der Waals surface area (Å²) in [5.41, 5.74) is 0.646. The largest absolute Gasteiger partial charge is 0.489 e. The molecule has 1 heterocycles. The van der Waals surface area contributed by atoms with Crippen LogP contribution in [0.3, 0.4) is 0 Å². The zero-order valence-corrected chi connectivity index (χ0v) is 11.1. The highest BCUT2D eigenvalue weighted by Crippen LogP contribution is 2.30. The van der Waals surface area contributed by atoms with E-state index in [0.717, 1.165) is 25.5 Å². The first-order valence-electron chi connectivity index (χ1n) is 6.11. The Morgan fingerprint density at radius 2 is 2.42 bits per heavy atom. The molecular formula is C14H15ClO4. The van der Waals surface area contributed by atoms with E-state index in [4.69, 9.17) is 26.2 Å². The lowest BCUT2D eigenvalue weighted by molar-refractivity contribution is -0.131. The van der Waals surface area contributed by atoms with E-state index in [1.54, 1.807) is 18.2 Å². The first kappa shape index (κ1) is 13.9. The molecule has 1 fully saturated rings. The zero-order chi connectivity index (χ0) is 13.7. The van der Waals surface area contributed by atoms with Gasteiger partial charge in [-0.15, -0.1) is 0 Å². The second kappa shape index (κ2) is 6.59. The number of hydrogen-bond donors (Lipinski definition) is 1. The molecule has 2 rings (SSSR count). The monoisotopic (exact) mass is 282 g/mol. The van der Waals surface area contributed by atoms with E-state index in [1.807, 2.05) is 0 Å². The van der Waals surface area contributed by atoms with E-state index in [1.165, 1.54) is 6.08 Å². The molecule has 5 heteroatoms. The molecule has 0 bridgehead atoms. The number of para-hydroxylation sites is 1. The molecule has 1 aromatic rings. The Balaban J connectivity index is 2.10. The molecule has 0 spiro atoms. The third-order valence-corrected chi connectivity index (χ3v) is 3.14. The van der Waals surface area contributed by atoms with Crippen LogP contribution in [0.2, 0.25) is 5.02 Å². The molecule has 102 valence electrons. The van der Waals surface area contributed by atoms with Crippen molar-refractivity contribution in [2.45, 2.75) is 18.9 Å². The molecule has 0 aliphatic carbocycles. The highest BCUT2D eigenvalue weighted by atomic mass is 35.5. The lowest BCUT2D eigenvalue weighted by Gasteiger charge is -2.14. The van der Waals surface area contributed by atoms with E-state index < -0.39 is 5.97 Å². The summed E-state index contributed by atoms with van der Waals surface area (Å²) in [4.78, 5) is 10.6. The van der Waals surface area contributed by atoms with E-state index in [2.05, 4.69) is 0 Å². The third-order valence-electron chi connectivity index (χ3n) is 2.84. The van der Waals surface area contributed by atoms with Crippen molar-refractivity contribution in [3.63, 3.8) is 0 Å². The van der Waals surface area contributed by atoms with Gasteiger partial charge in [0.25, 0.3) is 0 Å². The fraction of sp³-hybridized carbons (Fsp3) is 0.357. The number of aliphatic carboxylic acids is 1. The molecular weight excluding hydrogens is 268 g/mol. The molecule has 1 aromatic carbocycles. The molecule has 1 unspecified atom stereocenters. The Morgan fingerprint density at radius 3 is 3.11 bits per heavy atom. The highest BCUT2D eigenvalue weighted by Gasteiger charge is 2.17. The molecule has 1 saturated heterocycles. The van der Waals surface area contributed by atoms with Crippen LogP contribution in [0.5, 0.6) is 5.75 Å². The molecule has 0 amide bonds. The van der Waals surface area contributed by atoms with Crippen molar-refractivity contribution < 1.29 is 19.4 Å². The van der Waals surface area contributed by atoms with Crippen molar-refractivity contribution in [2.24, 2.45) is 0 Å². The summed E-state index contributed by atoms with van der Waals surface area (Å²) in [6, 6.07) is 5.23. The van der Waals surface area contributed by atoms with Crippen LogP contribution in [0, 0.1) is 0 Å². The second-order valence-corrected chi connectivity index (χ2v) is 4.68. The Labute approximate surface area is 116 Å². The number of hydrogen-bond acceptors (Lipinski definition) is 3. The minimum absolute atomic E-state index is 0.0903. The average molecular weight is 283 g/mol. The van der Waals surface area contributed by atoms with E-state index in [-0.39, 0.29) is 6.10 Å². The zero-order valence-electron chi connectivity index (χ0n) is 10.3. The maximum atomic E-state index is 10.6. The lowest BCUT2D eigenvalue weighted by atomic mass is 10.2. The van der Waals surface area contributed by atoms with E-state index in [9.17, 15) is 4.79 Å². The molecule has 0 aromatic heterocycles. The van der Waals surface area contributed by atoms with Crippen molar-refractivity contribution in [2.75, 3.05) is 13.2 Å². The van der Waals surface area contributed by atoms with Gasteiger partial charge in [0.05, 0.1) is 11.1 Å². The maximum Gasteiger partial charge on any atom is 0.328 e. The van der Waals surface area contributed by atoms with Gasteiger partial charge in [-0.2, -0.15) is 0 Å². The van der Waals surface area contributed by atoms with Gasteiger partial charge in [0.15, 0.2) is 0 Å². The number of ether oxygens (including phenoxy) is 2. The van der Waals surface area contributed by atoms with Crippen LogP contribution in [-0.2, 0) is 9.53 Å². The van der Waals surface area contributed by atoms with Gasteiger partial charge >= 0.3 is 5.97 Å². The summed E-state index contributed by atoms with van der Waals surface area (Å²) in [7, 11) is 0. The molecule has 4 nitrogen and oxygen atoms in total. The fourth-order valence-corrected chi connectivity index (χ4v) is 2.16. The number of carboxylic acid groups (broad SMARTS) is 1. The quantitative estimate of drug-likeness (QED) is 0.844. The first-order valence-corrected chi connectivity index (χ1v) is 6.48. The number of halogens is 1. The molecule has 1 atom stereocenters. The van der Waals surface area contributed by atoms with Crippen molar-refractivity contribution in [3.8, 4) is 5.75 Å². The van der Waals surface area contributed by atoms with Gasteiger partial charge in [-0.1, -0.05) is 23.7 Å². The van der Waals surface area contributed by atoms with Crippen LogP contribution in [0.25, 0.3) is 6.08 Å². The Hall–Kier alpha value is -1.52. The molecule has 1 aliphatic rings. The minimum atomic E-state index is -1.01. The summed E-state index contributed by atoms with van der Waals surface area (Å²) in [6.45, 7) is 1.19. The second-order valence-electron chi connectivity index (χ2n) is 4.28. The molecule has 1 N–H and O–H groups in total. The fourth-order valence-electron chi connectivity index (χ4n) is 1.92. The maximum absolute atomic E-state index is 10.6. The van der Waals surface area contributed by atoms with Crippen LogP contribution in [-0.4, -0.2) is 30.4 Å². The van der Waals surface area contributed by atoms with Gasteiger partial charge in [0.2, 0.25) is 0 Å². The van der Waals surface area contributed by atoms with E-state index >= 15 is 0 Å². The minimum Gasteiger partial charge on any atom is -0.489 e. The Morgan fingerprint density at radius 1 is 1.58 bits per heavy atom. The van der Waals surface area contributed by atoms with Crippen molar-refractivity contribution >= 4 is 23.6 Å². The number of carboxylic acids is 1. The summed E-state index contributed by atoms with van der Waals surface area (Å²) in [5.74, 6) is -0.512. The van der Waals surface area contributed by atoms with Crippen LogP contribution < -0.4 is 4.74 Å². The van der Waals surface area contributed by atoms with Crippen LogP contribution in [0.4, 0.5) is 0 Å². The smallest absolute Gasteiger partial charge is 0.328 e. The Kier molecular flexibility index (Phi) is 4.82. The third kappa shape index (κ3) is 3.98. The Bertz CT molecular complexity index is 478. The predicted molar refractivity (Wildman–Crippen MR) is 72.6 cm³/mol. The molecule has 19 heavy (non-hydrogen) atoms. The molecule has 1 aliphatic heterocycles. The van der Waals surface area contributed by atoms with Crippen molar-refractivity contribution in [1.82, 2.24) is 0 Å². The van der Waals surface area contributed by atoms with Gasteiger partial charge in [0, 0.05) is 18.2 Å².